The summed E-state index contributed by atoms with van der Waals surface area (Å²) in [6, 6.07) is 10.5. The van der Waals surface area contributed by atoms with E-state index in [4.69, 9.17) is 0 Å². The van der Waals surface area contributed by atoms with Gasteiger partial charge in [0.1, 0.15) is 0 Å². The van der Waals surface area contributed by atoms with Crippen LogP contribution >= 0.6 is 0 Å². The fourth-order valence-corrected chi connectivity index (χ4v) is 1.62. The number of aliphatic hydroxyl groups excluding tert-OH is 2. The molecule has 5 N–H and O–H groups in total. The van der Waals surface area contributed by atoms with Gasteiger partial charge >= 0.3 is 0 Å². The van der Waals surface area contributed by atoms with Gasteiger partial charge in [-0.3, -0.25) is 0 Å². The van der Waals surface area contributed by atoms with Crippen molar-refractivity contribution in [3.8, 4) is 17.2 Å². The van der Waals surface area contributed by atoms with Gasteiger partial charge < -0.3 is 25.5 Å². The first-order valence-electron chi connectivity index (χ1n) is 5.44. The standard InChI is InChI=1S/C14H12O5/c15-10-7-6-9(13(18)14(10)19)12(17)11(16)8-4-2-1-3-5-8/h1-7,15-19H. The van der Waals surface area contributed by atoms with Crippen LogP contribution in [0.25, 0.3) is 11.5 Å². The van der Waals surface area contributed by atoms with Gasteiger partial charge in [-0.25, -0.2) is 0 Å². The zero-order valence-corrected chi connectivity index (χ0v) is 9.78. The fraction of sp³-hybridized carbons (Fsp3) is 0. The van der Waals surface area contributed by atoms with Crippen molar-refractivity contribution in [2.75, 3.05) is 0 Å². The lowest BCUT2D eigenvalue weighted by Gasteiger charge is -2.09. The van der Waals surface area contributed by atoms with E-state index in [1.807, 2.05) is 0 Å². The van der Waals surface area contributed by atoms with Crippen LogP contribution < -0.4 is 0 Å². The van der Waals surface area contributed by atoms with Gasteiger partial charge in [0.25, 0.3) is 0 Å². The predicted octanol–water partition coefficient (Wildman–Crippen LogP) is 2.75. The number of phenols is 3. The second-order valence-electron chi connectivity index (χ2n) is 3.89. The van der Waals surface area contributed by atoms with Crippen molar-refractivity contribution in [3.05, 3.63) is 53.6 Å². The molecule has 0 fully saturated rings. The van der Waals surface area contributed by atoms with Gasteiger partial charge in [-0.2, -0.15) is 0 Å². The molecular formula is C14H12O5. The Morgan fingerprint density at radius 3 is 1.95 bits per heavy atom. The van der Waals surface area contributed by atoms with Crippen molar-refractivity contribution in [1.82, 2.24) is 0 Å². The van der Waals surface area contributed by atoms with Crippen LogP contribution in [-0.4, -0.2) is 25.5 Å². The molecule has 0 heterocycles. The number of hydrogen-bond donors (Lipinski definition) is 5. The van der Waals surface area contributed by atoms with Crippen LogP contribution in [0.5, 0.6) is 17.2 Å². The number of aromatic hydroxyl groups is 3. The molecule has 0 radical (unpaired) electrons. The Kier molecular flexibility index (Phi) is 3.20. The van der Waals surface area contributed by atoms with E-state index < -0.39 is 28.8 Å². The quantitative estimate of drug-likeness (QED) is 0.324. The molecule has 5 heteroatoms. The lowest BCUT2D eigenvalue weighted by molar-refractivity contribution is 0.364. The molecule has 0 amide bonds. The smallest absolute Gasteiger partial charge is 0.201 e. The Morgan fingerprint density at radius 1 is 0.684 bits per heavy atom. The van der Waals surface area contributed by atoms with Gasteiger partial charge in [-0.05, 0) is 12.1 Å². The Bertz CT molecular complexity index is 632. The van der Waals surface area contributed by atoms with Crippen molar-refractivity contribution >= 4 is 11.5 Å². The molecule has 0 atom stereocenters. The monoisotopic (exact) mass is 260 g/mol. The maximum Gasteiger partial charge on any atom is 0.201 e. The highest BCUT2D eigenvalue weighted by Crippen LogP contribution is 2.40. The molecule has 0 unspecified atom stereocenters. The summed E-state index contributed by atoms with van der Waals surface area (Å²) in [5.74, 6) is -3.03. The van der Waals surface area contributed by atoms with Crippen LogP contribution in [0.1, 0.15) is 11.1 Å². The third kappa shape index (κ3) is 2.26. The molecule has 98 valence electrons. The van der Waals surface area contributed by atoms with Gasteiger partial charge in [0, 0.05) is 5.56 Å². The molecule has 0 aromatic heterocycles. The number of aliphatic hydroxyl groups is 2. The van der Waals surface area contributed by atoms with E-state index in [1.165, 1.54) is 6.07 Å². The number of rotatable bonds is 2. The summed E-state index contributed by atoms with van der Waals surface area (Å²) < 4.78 is 0. The van der Waals surface area contributed by atoms with Crippen LogP contribution in [0.2, 0.25) is 0 Å². The highest BCUT2D eigenvalue weighted by Gasteiger charge is 2.17. The summed E-state index contributed by atoms with van der Waals surface area (Å²) in [7, 11) is 0. The minimum atomic E-state index is -0.759. The highest BCUT2D eigenvalue weighted by atomic mass is 16.3. The van der Waals surface area contributed by atoms with E-state index in [-0.39, 0.29) is 5.56 Å². The van der Waals surface area contributed by atoms with Crippen LogP contribution in [0, 0.1) is 0 Å². The number of benzene rings is 2. The Balaban J connectivity index is 2.56. The Morgan fingerprint density at radius 2 is 1.32 bits per heavy atom. The van der Waals surface area contributed by atoms with Crippen molar-refractivity contribution < 1.29 is 25.5 Å². The van der Waals surface area contributed by atoms with Gasteiger partial charge in [0.2, 0.25) is 5.75 Å². The summed E-state index contributed by atoms with van der Waals surface area (Å²) in [4.78, 5) is 0. The molecule has 0 saturated heterocycles. The topological polar surface area (TPSA) is 101 Å². The SMILES string of the molecule is OC(=C(O)c1ccc(O)c(O)c1O)c1ccccc1. The minimum Gasteiger partial charge on any atom is -0.504 e. The molecule has 0 bridgehead atoms. The van der Waals surface area contributed by atoms with Crippen molar-refractivity contribution in [2.24, 2.45) is 0 Å². The van der Waals surface area contributed by atoms with Gasteiger partial charge in [0.15, 0.2) is 23.0 Å². The Hall–Kier alpha value is -2.82. The molecule has 2 rings (SSSR count). The van der Waals surface area contributed by atoms with Crippen LogP contribution in [0.3, 0.4) is 0 Å². The number of hydrogen-bond acceptors (Lipinski definition) is 5. The van der Waals surface area contributed by atoms with E-state index in [2.05, 4.69) is 0 Å². The van der Waals surface area contributed by atoms with Crippen molar-refractivity contribution in [1.29, 1.82) is 0 Å². The first-order chi connectivity index (χ1) is 9.02. The molecule has 5 nitrogen and oxygen atoms in total. The molecule has 0 aliphatic rings. The maximum atomic E-state index is 9.92. The van der Waals surface area contributed by atoms with Crippen LogP contribution in [0.15, 0.2) is 42.5 Å². The molecule has 2 aromatic rings. The van der Waals surface area contributed by atoms with Gasteiger partial charge in [-0.15, -0.1) is 0 Å². The highest BCUT2D eigenvalue weighted by molar-refractivity contribution is 5.85. The predicted molar refractivity (Wildman–Crippen MR) is 70.0 cm³/mol. The zero-order chi connectivity index (χ0) is 14.0. The van der Waals surface area contributed by atoms with E-state index in [0.717, 1.165) is 6.07 Å². The molecule has 0 saturated carbocycles. The second-order valence-corrected chi connectivity index (χ2v) is 3.89. The average molecular weight is 260 g/mol. The summed E-state index contributed by atoms with van der Waals surface area (Å²) in [5, 5.41) is 48.0. The maximum absolute atomic E-state index is 9.92. The van der Waals surface area contributed by atoms with Gasteiger partial charge in [0.05, 0.1) is 5.56 Å². The molecule has 2 aromatic carbocycles. The van der Waals surface area contributed by atoms with Crippen LogP contribution in [-0.2, 0) is 0 Å². The molecule has 19 heavy (non-hydrogen) atoms. The van der Waals surface area contributed by atoms with E-state index in [9.17, 15) is 25.5 Å². The largest absolute Gasteiger partial charge is 0.504 e. The van der Waals surface area contributed by atoms with Crippen molar-refractivity contribution in [2.45, 2.75) is 0 Å². The molecule has 0 aliphatic heterocycles. The van der Waals surface area contributed by atoms with E-state index in [1.54, 1.807) is 30.3 Å². The summed E-state index contributed by atoms with van der Waals surface area (Å²) >= 11 is 0. The van der Waals surface area contributed by atoms with Crippen molar-refractivity contribution in [3.63, 3.8) is 0 Å². The third-order valence-electron chi connectivity index (χ3n) is 2.66. The second kappa shape index (κ2) is 4.81. The minimum absolute atomic E-state index is 0.184. The molecule has 0 aliphatic carbocycles. The van der Waals surface area contributed by atoms with E-state index in [0.29, 0.717) is 5.56 Å². The van der Waals surface area contributed by atoms with E-state index >= 15 is 0 Å². The fourth-order valence-electron chi connectivity index (χ4n) is 1.62. The first kappa shape index (κ1) is 12.6. The normalized spacial score (nSPS) is 12.0. The molecule has 0 spiro atoms. The molecular weight excluding hydrogens is 248 g/mol. The summed E-state index contributed by atoms with van der Waals surface area (Å²) in [6.07, 6.45) is 0. The first-order valence-corrected chi connectivity index (χ1v) is 5.44. The average Bonchev–Trinajstić information content (AvgIpc) is 2.44. The van der Waals surface area contributed by atoms with Crippen LogP contribution in [0.4, 0.5) is 0 Å². The summed E-state index contributed by atoms with van der Waals surface area (Å²) in [5.41, 5.74) is 0.170. The number of phenolic OH excluding ortho intramolecular Hbond substituents is 3. The summed E-state index contributed by atoms with van der Waals surface area (Å²) in [6.45, 7) is 0. The lowest BCUT2D eigenvalue weighted by Crippen LogP contribution is -1.92. The third-order valence-corrected chi connectivity index (χ3v) is 2.66. The van der Waals surface area contributed by atoms with Gasteiger partial charge in [-0.1, -0.05) is 30.3 Å². The Labute approximate surface area is 108 Å². The lowest BCUT2D eigenvalue weighted by atomic mass is 10.1. The zero-order valence-electron chi connectivity index (χ0n) is 9.78.